The molecule has 2 aromatic carbocycles. The van der Waals surface area contributed by atoms with Crippen LogP contribution in [0, 0.1) is 6.92 Å². The summed E-state index contributed by atoms with van der Waals surface area (Å²) in [5.74, 6) is 0.685. The van der Waals surface area contributed by atoms with Crippen LogP contribution in [0.5, 0.6) is 0 Å². The topological polar surface area (TPSA) is 84.7 Å². The van der Waals surface area contributed by atoms with Crippen molar-refractivity contribution in [2.75, 3.05) is 5.32 Å². The zero-order chi connectivity index (χ0) is 19.4. The number of nitrogens with one attached hydrogen (secondary N) is 2. The SMILES string of the molecule is Cc1ccccc1-n1nnnc1C1(NC(=O)Nc2ccccc2)CCCCC1. The van der Waals surface area contributed by atoms with Crippen molar-refractivity contribution >= 4 is 11.7 Å². The Kier molecular flexibility index (Phi) is 5.06. The lowest BCUT2D eigenvalue weighted by Crippen LogP contribution is -2.50. The molecule has 1 aliphatic rings. The van der Waals surface area contributed by atoms with Gasteiger partial charge in [-0.15, -0.1) is 5.10 Å². The van der Waals surface area contributed by atoms with Crippen molar-refractivity contribution < 1.29 is 4.79 Å². The van der Waals surface area contributed by atoms with Crippen LogP contribution in [0.15, 0.2) is 54.6 Å². The summed E-state index contributed by atoms with van der Waals surface area (Å²) in [6.45, 7) is 2.03. The van der Waals surface area contributed by atoms with Gasteiger partial charge < -0.3 is 10.6 Å². The van der Waals surface area contributed by atoms with Crippen LogP contribution in [-0.2, 0) is 5.54 Å². The van der Waals surface area contributed by atoms with Crippen LogP contribution in [-0.4, -0.2) is 26.2 Å². The van der Waals surface area contributed by atoms with Crippen molar-refractivity contribution in [3.63, 3.8) is 0 Å². The molecule has 0 radical (unpaired) electrons. The minimum atomic E-state index is -0.594. The highest BCUT2D eigenvalue weighted by Crippen LogP contribution is 2.37. The van der Waals surface area contributed by atoms with Gasteiger partial charge >= 0.3 is 6.03 Å². The number of hydrogen-bond donors (Lipinski definition) is 2. The number of para-hydroxylation sites is 2. The summed E-state index contributed by atoms with van der Waals surface area (Å²) in [5, 5.41) is 18.7. The second kappa shape index (κ2) is 7.80. The fourth-order valence-electron chi connectivity index (χ4n) is 3.91. The van der Waals surface area contributed by atoms with Crippen molar-refractivity contribution in [3.8, 4) is 5.69 Å². The molecule has 2 N–H and O–H groups in total. The number of rotatable bonds is 4. The van der Waals surface area contributed by atoms with E-state index in [1.165, 1.54) is 0 Å². The van der Waals surface area contributed by atoms with Crippen molar-refractivity contribution in [1.29, 1.82) is 0 Å². The van der Waals surface area contributed by atoms with Crippen LogP contribution >= 0.6 is 0 Å². The normalized spacial score (nSPS) is 15.8. The van der Waals surface area contributed by atoms with Gasteiger partial charge in [0.2, 0.25) is 0 Å². The van der Waals surface area contributed by atoms with E-state index in [4.69, 9.17) is 0 Å². The molecule has 0 spiro atoms. The molecule has 1 heterocycles. The Hall–Kier alpha value is -3.22. The van der Waals surface area contributed by atoms with Crippen molar-refractivity contribution in [1.82, 2.24) is 25.5 Å². The van der Waals surface area contributed by atoms with E-state index >= 15 is 0 Å². The van der Waals surface area contributed by atoms with Gasteiger partial charge in [-0.1, -0.05) is 55.7 Å². The molecule has 0 saturated heterocycles. The molecule has 3 aromatic rings. The highest BCUT2D eigenvalue weighted by atomic mass is 16.2. The average molecular weight is 376 g/mol. The van der Waals surface area contributed by atoms with Gasteiger partial charge in [0.25, 0.3) is 0 Å². The number of carbonyl (C=O) groups excluding carboxylic acids is 1. The van der Waals surface area contributed by atoms with Crippen molar-refractivity contribution in [3.05, 3.63) is 66.0 Å². The molecule has 0 unspecified atom stereocenters. The second-order valence-corrected chi connectivity index (χ2v) is 7.29. The predicted octanol–water partition coefficient (Wildman–Crippen LogP) is 3.95. The largest absolute Gasteiger partial charge is 0.325 e. The quantitative estimate of drug-likeness (QED) is 0.722. The first-order valence-corrected chi connectivity index (χ1v) is 9.67. The molecule has 0 aliphatic heterocycles. The maximum absolute atomic E-state index is 12.8. The first kappa shape index (κ1) is 18.2. The third-order valence-electron chi connectivity index (χ3n) is 5.33. The third-order valence-corrected chi connectivity index (χ3v) is 5.33. The molecule has 7 heteroatoms. The van der Waals surface area contributed by atoms with Crippen LogP contribution in [0.1, 0.15) is 43.5 Å². The van der Waals surface area contributed by atoms with E-state index in [1.54, 1.807) is 4.68 Å². The van der Waals surface area contributed by atoms with E-state index in [2.05, 4.69) is 26.2 Å². The molecular weight excluding hydrogens is 352 g/mol. The third kappa shape index (κ3) is 3.60. The number of amides is 2. The number of hydrogen-bond acceptors (Lipinski definition) is 4. The Morgan fingerprint density at radius 2 is 1.71 bits per heavy atom. The highest BCUT2D eigenvalue weighted by molar-refractivity contribution is 5.89. The number of carbonyl (C=O) groups is 1. The number of urea groups is 1. The molecule has 0 bridgehead atoms. The van der Waals surface area contributed by atoms with Gasteiger partial charge in [0.15, 0.2) is 5.82 Å². The molecule has 1 saturated carbocycles. The summed E-state index contributed by atoms with van der Waals surface area (Å²) in [7, 11) is 0. The fraction of sp³-hybridized carbons (Fsp3) is 0.333. The minimum Gasteiger partial charge on any atom is -0.325 e. The molecule has 4 rings (SSSR count). The standard InChI is InChI=1S/C21H24N6O/c1-16-10-6-7-13-18(16)27-19(24-25-26-27)21(14-8-3-9-15-21)23-20(28)22-17-11-4-2-5-12-17/h2,4-7,10-13H,3,8-9,14-15H2,1H3,(H2,22,23,28). The zero-order valence-corrected chi connectivity index (χ0v) is 15.9. The van der Waals surface area contributed by atoms with Gasteiger partial charge in [-0.3, -0.25) is 0 Å². The van der Waals surface area contributed by atoms with Crippen molar-refractivity contribution in [2.24, 2.45) is 0 Å². The number of aromatic nitrogens is 4. The summed E-state index contributed by atoms with van der Waals surface area (Å²) in [6, 6.07) is 17.2. The van der Waals surface area contributed by atoms with Gasteiger partial charge in [0.05, 0.1) is 5.69 Å². The summed E-state index contributed by atoms with van der Waals surface area (Å²) in [4.78, 5) is 12.8. The zero-order valence-electron chi connectivity index (χ0n) is 15.9. The molecule has 2 amide bonds. The molecule has 0 atom stereocenters. The Morgan fingerprint density at radius 3 is 2.46 bits per heavy atom. The number of nitrogens with zero attached hydrogens (tertiary/aromatic N) is 4. The maximum Gasteiger partial charge on any atom is 0.320 e. The lowest BCUT2D eigenvalue weighted by atomic mass is 9.81. The fourth-order valence-corrected chi connectivity index (χ4v) is 3.91. The maximum atomic E-state index is 12.8. The molecular formula is C21H24N6O. The van der Waals surface area contributed by atoms with Crippen LogP contribution in [0.25, 0.3) is 5.69 Å². The lowest BCUT2D eigenvalue weighted by Gasteiger charge is -2.36. The molecule has 1 aromatic heterocycles. The summed E-state index contributed by atoms with van der Waals surface area (Å²) >= 11 is 0. The number of aryl methyl sites for hydroxylation is 1. The molecule has 1 fully saturated rings. The minimum absolute atomic E-state index is 0.243. The monoisotopic (exact) mass is 376 g/mol. The van der Waals surface area contributed by atoms with Crippen molar-refractivity contribution in [2.45, 2.75) is 44.6 Å². The van der Waals surface area contributed by atoms with Crippen LogP contribution < -0.4 is 10.6 Å². The highest BCUT2D eigenvalue weighted by Gasteiger charge is 2.40. The summed E-state index contributed by atoms with van der Waals surface area (Å²) in [5.41, 5.74) is 2.17. The Bertz CT molecular complexity index is 946. The Morgan fingerprint density at radius 1 is 1.00 bits per heavy atom. The number of benzene rings is 2. The summed E-state index contributed by atoms with van der Waals surface area (Å²) in [6.07, 6.45) is 4.80. The predicted molar refractivity (Wildman–Crippen MR) is 107 cm³/mol. The molecule has 1 aliphatic carbocycles. The number of tetrazole rings is 1. The van der Waals surface area contributed by atoms with Gasteiger partial charge in [0, 0.05) is 5.69 Å². The van der Waals surface area contributed by atoms with E-state index in [0.717, 1.165) is 49.0 Å². The Labute approximate surface area is 164 Å². The van der Waals surface area contributed by atoms with E-state index < -0.39 is 5.54 Å². The van der Waals surface area contributed by atoms with Crippen LogP contribution in [0.4, 0.5) is 10.5 Å². The number of anilines is 1. The molecule has 7 nitrogen and oxygen atoms in total. The van der Waals surface area contributed by atoms with Crippen LogP contribution in [0.3, 0.4) is 0 Å². The van der Waals surface area contributed by atoms with E-state index in [-0.39, 0.29) is 6.03 Å². The first-order chi connectivity index (χ1) is 13.7. The summed E-state index contributed by atoms with van der Waals surface area (Å²) < 4.78 is 1.77. The average Bonchev–Trinajstić information content (AvgIpc) is 3.20. The second-order valence-electron chi connectivity index (χ2n) is 7.29. The molecule has 144 valence electrons. The van der Waals surface area contributed by atoms with Gasteiger partial charge in [-0.2, -0.15) is 4.68 Å². The smallest absolute Gasteiger partial charge is 0.320 e. The van der Waals surface area contributed by atoms with Gasteiger partial charge in [0.1, 0.15) is 5.54 Å². The van der Waals surface area contributed by atoms with Crippen LogP contribution in [0.2, 0.25) is 0 Å². The first-order valence-electron chi connectivity index (χ1n) is 9.67. The Balaban J connectivity index is 1.66. The van der Waals surface area contributed by atoms with Gasteiger partial charge in [-0.25, -0.2) is 4.79 Å². The van der Waals surface area contributed by atoms with Gasteiger partial charge in [-0.05, 0) is 54.0 Å². The van der Waals surface area contributed by atoms with E-state index in [9.17, 15) is 4.79 Å². The molecule has 28 heavy (non-hydrogen) atoms. The van der Waals surface area contributed by atoms with E-state index in [1.807, 2.05) is 61.5 Å². The lowest BCUT2D eigenvalue weighted by molar-refractivity contribution is 0.204. The van der Waals surface area contributed by atoms with E-state index in [0.29, 0.717) is 5.82 Å².